The highest BCUT2D eigenvalue weighted by atomic mass is 16.5. The predicted molar refractivity (Wildman–Crippen MR) is 69.7 cm³/mol. The Morgan fingerprint density at radius 3 is 2.31 bits per heavy atom. The molecular weight excluding hydrogens is 202 g/mol. The zero-order chi connectivity index (χ0) is 12.6. The molecule has 2 unspecified atom stereocenters. The molecule has 0 spiro atoms. The summed E-state index contributed by atoms with van der Waals surface area (Å²) >= 11 is 0. The molecule has 4 nitrogen and oxygen atoms in total. The number of ether oxygens (including phenoxy) is 1. The second kappa shape index (κ2) is 8.01. The van der Waals surface area contributed by atoms with Crippen molar-refractivity contribution in [3.8, 4) is 0 Å². The van der Waals surface area contributed by atoms with Crippen LogP contribution in [0.25, 0.3) is 0 Å². The summed E-state index contributed by atoms with van der Waals surface area (Å²) in [6.07, 6.45) is 0.120. The maximum absolute atomic E-state index is 5.81. The molecule has 0 saturated carbocycles. The van der Waals surface area contributed by atoms with E-state index in [0.717, 1.165) is 26.2 Å². The first-order valence-electron chi connectivity index (χ1n) is 6.24. The lowest BCUT2D eigenvalue weighted by Gasteiger charge is -2.35. The van der Waals surface area contributed by atoms with E-state index < -0.39 is 0 Å². The SMILES string of the molecule is CCN(CC)CCNC(C)(CN)C(C)OC. The molecule has 0 aromatic rings. The van der Waals surface area contributed by atoms with E-state index in [9.17, 15) is 0 Å². The van der Waals surface area contributed by atoms with Gasteiger partial charge in [-0.25, -0.2) is 0 Å². The third kappa shape index (κ3) is 4.78. The molecule has 0 amide bonds. The molecule has 0 aromatic heterocycles. The lowest BCUT2D eigenvalue weighted by molar-refractivity contribution is 0.0409. The second-order valence-electron chi connectivity index (χ2n) is 4.45. The molecule has 0 fully saturated rings. The van der Waals surface area contributed by atoms with Crippen LogP contribution < -0.4 is 11.1 Å². The van der Waals surface area contributed by atoms with Crippen molar-refractivity contribution in [1.29, 1.82) is 0 Å². The van der Waals surface area contributed by atoms with Gasteiger partial charge in [-0.05, 0) is 26.9 Å². The van der Waals surface area contributed by atoms with Crippen molar-refractivity contribution in [2.75, 3.05) is 39.8 Å². The summed E-state index contributed by atoms with van der Waals surface area (Å²) in [5.41, 5.74) is 5.67. The van der Waals surface area contributed by atoms with Crippen LogP contribution in [0.5, 0.6) is 0 Å². The molecular formula is C12H29N3O. The van der Waals surface area contributed by atoms with Crippen LogP contribution in [0.15, 0.2) is 0 Å². The van der Waals surface area contributed by atoms with Gasteiger partial charge in [0.2, 0.25) is 0 Å². The number of nitrogens with two attached hydrogens (primary N) is 1. The van der Waals surface area contributed by atoms with Gasteiger partial charge in [0.1, 0.15) is 0 Å². The van der Waals surface area contributed by atoms with Gasteiger partial charge in [-0.15, -0.1) is 0 Å². The molecule has 98 valence electrons. The minimum atomic E-state index is -0.137. The Morgan fingerprint density at radius 1 is 1.38 bits per heavy atom. The van der Waals surface area contributed by atoms with E-state index in [1.54, 1.807) is 7.11 Å². The quantitative estimate of drug-likeness (QED) is 0.612. The highest BCUT2D eigenvalue weighted by molar-refractivity contribution is 4.90. The van der Waals surface area contributed by atoms with Crippen molar-refractivity contribution >= 4 is 0 Å². The molecule has 0 aliphatic rings. The van der Waals surface area contributed by atoms with Crippen molar-refractivity contribution in [2.24, 2.45) is 5.73 Å². The van der Waals surface area contributed by atoms with Gasteiger partial charge in [0, 0.05) is 26.7 Å². The predicted octanol–water partition coefficient (Wildman–Crippen LogP) is 0.670. The average Bonchev–Trinajstić information content (AvgIpc) is 2.33. The van der Waals surface area contributed by atoms with Gasteiger partial charge in [-0.3, -0.25) is 0 Å². The molecule has 16 heavy (non-hydrogen) atoms. The molecule has 0 aliphatic heterocycles. The standard InChI is InChI=1S/C12H29N3O/c1-6-15(7-2)9-8-14-12(4,10-13)11(3)16-5/h11,14H,6-10,13H2,1-5H3. The molecule has 0 rings (SSSR count). The van der Waals surface area contributed by atoms with Gasteiger partial charge in [-0.2, -0.15) is 0 Å². The van der Waals surface area contributed by atoms with Crippen molar-refractivity contribution in [2.45, 2.75) is 39.3 Å². The lowest BCUT2D eigenvalue weighted by atomic mass is 9.96. The molecule has 0 bridgehead atoms. The van der Waals surface area contributed by atoms with Crippen molar-refractivity contribution in [1.82, 2.24) is 10.2 Å². The first-order valence-corrected chi connectivity index (χ1v) is 6.24. The van der Waals surface area contributed by atoms with E-state index in [0.29, 0.717) is 6.54 Å². The Balaban J connectivity index is 4.04. The normalized spacial score (nSPS) is 17.4. The Labute approximate surface area is 101 Å². The summed E-state index contributed by atoms with van der Waals surface area (Å²) < 4.78 is 5.36. The number of hydrogen-bond donors (Lipinski definition) is 2. The molecule has 4 heteroatoms. The van der Waals surface area contributed by atoms with E-state index in [1.165, 1.54) is 0 Å². The van der Waals surface area contributed by atoms with Crippen LogP contribution in [-0.2, 0) is 4.74 Å². The van der Waals surface area contributed by atoms with E-state index in [2.05, 4.69) is 37.9 Å². The van der Waals surface area contributed by atoms with E-state index >= 15 is 0 Å². The van der Waals surface area contributed by atoms with Crippen LogP contribution in [0.3, 0.4) is 0 Å². The maximum Gasteiger partial charge on any atom is 0.0734 e. The molecule has 0 aromatic carbocycles. The number of rotatable bonds is 9. The van der Waals surface area contributed by atoms with Crippen LogP contribution >= 0.6 is 0 Å². The van der Waals surface area contributed by atoms with E-state index in [1.807, 2.05) is 0 Å². The summed E-state index contributed by atoms with van der Waals surface area (Å²) in [4.78, 5) is 2.39. The zero-order valence-corrected chi connectivity index (χ0v) is 11.5. The Hall–Kier alpha value is -0.160. The fourth-order valence-corrected chi connectivity index (χ4v) is 1.68. The molecule has 0 radical (unpaired) electrons. The van der Waals surface area contributed by atoms with Crippen LogP contribution in [0.1, 0.15) is 27.7 Å². The van der Waals surface area contributed by atoms with Crippen LogP contribution in [0.2, 0.25) is 0 Å². The fourth-order valence-electron chi connectivity index (χ4n) is 1.68. The van der Waals surface area contributed by atoms with Crippen molar-refractivity contribution < 1.29 is 4.74 Å². The molecule has 0 heterocycles. The first-order chi connectivity index (χ1) is 7.53. The number of hydrogen-bond acceptors (Lipinski definition) is 4. The largest absolute Gasteiger partial charge is 0.380 e. The van der Waals surface area contributed by atoms with Gasteiger partial charge in [0.05, 0.1) is 11.6 Å². The van der Waals surface area contributed by atoms with Gasteiger partial charge in [-0.1, -0.05) is 13.8 Å². The van der Waals surface area contributed by atoms with Crippen molar-refractivity contribution in [3.05, 3.63) is 0 Å². The molecule has 0 saturated heterocycles. The molecule has 3 N–H and O–H groups in total. The first kappa shape index (κ1) is 15.8. The van der Waals surface area contributed by atoms with E-state index in [4.69, 9.17) is 10.5 Å². The zero-order valence-electron chi connectivity index (χ0n) is 11.5. The topological polar surface area (TPSA) is 50.5 Å². The van der Waals surface area contributed by atoms with E-state index in [-0.39, 0.29) is 11.6 Å². The van der Waals surface area contributed by atoms with Crippen LogP contribution in [0.4, 0.5) is 0 Å². The Bertz CT molecular complexity index is 174. The summed E-state index contributed by atoms with van der Waals surface area (Å²) in [5, 5.41) is 3.50. The highest BCUT2D eigenvalue weighted by Crippen LogP contribution is 2.10. The molecule has 2 atom stereocenters. The lowest BCUT2D eigenvalue weighted by Crippen LogP contribution is -2.58. The number of nitrogens with zero attached hydrogens (tertiary/aromatic N) is 1. The number of nitrogens with one attached hydrogen (secondary N) is 1. The third-order valence-corrected chi connectivity index (χ3v) is 3.53. The fraction of sp³-hybridized carbons (Fsp3) is 1.00. The number of methoxy groups -OCH3 is 1. The summed E-state index contributed by atoms with van der Waals surface area (Å²) in [7, 11) is 1.73. The third-order valence-electron chi connectivity index (χ3n) is 3.53. The maximum atomic E-state index is 5.81. The summed E-state index contributed by atoms with van der Waals surface area (Å²) in [6.45, 7) is 13.3. The highest BCUT2D eigenvalue weighted by Gasteiger charge is 2.28. The smallest absolute Gasteiger partial charge is 0.0734 e. The van der Waals surface area contributed by atoms with Gasteiger partial charge >= 0.3 is 0 Å². The Morgan fingerprint density at radius 2 is 1.94 bits per heavy atom. The van der Waals surface area contributed by atoms with Crippen LogP contribution in [0, 0.1) is 0 Å². The Kier molecular flexibility index (Phi) is 7.93. The average molecular weight is 231 g/mol. The molecule has 0 aliphatic carbocycles. The van der Waals surface area contributed by atoms with Gasteiger partial charge < -0.3 is 20.7 Å². The summed E-state index contributed by atoms with van der Waals surface area (Å²) in [6, 6.07) is 0. The van der Waals surface area contributed by atoms with Gasteiger partial charge in [0.25, 0.3) is 0 Å². The minimum Gasteiger partial charge on any atom is -0.380 e. The summed E-state index contributed by atoms with van der Waals surface area (Å²) in [5.74, 6) is 0. The van der Waals surface area contributed by atoms with Gasteiger partial charge in [0.15, 0.2) is 0 Å². The number of likely N-dealkylation sites (N-methyl/N-ethyl adjacent to an activating group) is 1. The second-order valence-corrected chi connectivity index (χ2v) is 4.45. The van der Waals surface area contributed by atoms with Crippen molar-refractivity contribution in [3.63, 3.8) is 0 Å². The monoisotopic (exact) mass is 231 g/mol. The minimum absolute atomic E-state index is 0.120. The van der Waals surface area contributed by atoms with Crippen LogP contribution in [-0.4, -0.2) is 56.4 Å².